The van der Waals surface area contributed by atoms with E-state index < -0.39 is 6.09 Å². The van der Waals surface area contributed by atoms with Gasteiger partial charge < -0.3 is 52.7 Å². The van der Waals surface area contributed by atoms with Crippen LogP contribution in [0.2, 0.25) is 0 Å². The molecule has 1 aromatic carbocycles. The fraction of sp³-hybridized carbons (Fsp3) is 0.774. The lowest BCUT2D eigenvalue weighted by molar-refractivity contribution is -0.0254. The Morgan fingerprint density at radius 1 is 0.581 bits per heavy atom. The van der Waals surface area contributed by atoms with Crippen LogP contribution < -0.4 is 5.32 Å². The molecular weight excluding hydrogens is 562 g/mol. The zero-order valence-electron chi connectivity index (χ0n) is 26.3. The van der Waals surface area contributed by atoms with Crippen molar-refractivity contribution in [3.05, 3.63) is 35.9 Å². The lowest BCUT2D eigenvalue weighted by Crippen LogP contribution is -2.28. The van der Waals surface area contributed by atoms with Crippen molar-refractivity contribution in [1.82, 2.24) is 5.32 Å². The molecule has 0 heterocycles. The van der Waals surface area contributed by atoms with E-state index in [2.05, 4.69) is 19.2 Å². The number of carbonyl (C=O) groups excluding carboxylic acids is 1. The van der Waals surface area contributed by atoms with E-state index >= 15 is 0 Å². The molecular formula is C31H55NO11. The number of carbonyl (C=O) groups is 1. The Morgan fingerprint density at radius 3 is 1.35 bits per heavy atom. The molecule has 43 heavy (non-hydrogen) atoms. The van der Waals surface area contributed by atoms with Gasteiger partial charge in [-0.05, 0) is 11.5 Å². The maximum absolute atomic E-state index is 11.6. The summed E-state index contributed by atoms with van der Waals surface area (Å²) < 4.78 is 54.3. The Hall–Kier alpha value is -1.87. The van der Waals surface area contributed by atoms with Gasteiger partial charge >= 0.3 is 6.09 Å². The van der Waals surface area contributed by atoms with Crippen LogP contribution in [0.3, 0.4) is 0 Å². The largest absolute Gasteiger partial charge is 0.445 e. The lowest BCUT2D eigenvalue weighted by Gasteiger charge is -2.10. The Bertz CT molecular complexity index is 714. The summed E-state index contributed by atoms with van der Waals surface area (Å²) in [5.41, 5.74) is 0.941. The minimum absolute atomic E-state index is 0.241. The zero-order valence-corrected chi connectivity index (χ0v) is 26.3. The van der Waals surface area contributed by atoms with Crippen molar-refractivity contribution in [2.24, 2.45) is 5.92 Å². The third kappa shape index (κ3) is 28.6. The second-order valence-corrected chi connectivity index (χ2v) is 9.48. The zero-order chi connectivity index (χ0) is 30.9. The summed E-state index contributed by atoms with van der Waals surface area (Å²) in [6.45, 7) is 14.4. The molecule has 0 fully saturated rings. The molecule has 1 rings (SSSR count). The van der Waals surface area contributed by atoms with Crippen LogP contribution in [0.5, 0.6) is 0 Å². The highest BCUT2D eigenvalue weighted by Crippen LogP contribution is 2.01. The SMILES string of the molecule is CCC(C)COCCOCCOCCOCCOCCOCCOCCOCCOCCNC(=O)OCc1ccccc1. The molecule has 0 aliphatic carbocycles. The van der Waals surface area contributed by atoms with E-state index in [1.807, 2.05) is 30.3 Å². The van der Waals surface area contributed by atoms with Gasteiger partial charge in [0, 0.05) is 13.2 Å². The summed E-state index contributed by atoms with van der Waals surface area (Å²) in [6, 6.07) is 9.52. The molecule has 1 unspecified atom stereocenters. The lowest BCUT2D eigenvalue weighted by atomic mass is 10.1. The Balaban J connectivity index is 1.65. The molecule has 0 radical (unpaired) electrons. The van der Waals surface area contributed by atoms with Crippen LogP contribution in [0.1, 0.15) is 25.8 Å². The minimum atomic E-state index is -0.466. The summed E-state index contributed by atoms with van der Waals surface area (Å²) in [6.07, 6.45) is 0.665. The number of amides is 1. The predicted octanol–water partition coefficient (Wildman–Crippen LogP) is 3.11. The number of benzene rings is 1. The van der Waals surface area contributed by atoms with Crippen LogP contribution in [0.25, 0.3) is 0 Å². The Labute approximate surface area is 257 Å². The van der Waals surface area contributed by atoms with Gasteiger partial charge in [-0.1, -0.05) is 50.6 Å². The molecule has 0 saturated carbocycles. The van der Waals surface area contributed by atoms with E-state index in [0.717, 1.165) is 18.6 Å². The molecule has 1 atom stereocenters. The first-order valence-corrected chi connectivity index (χ1v) is 15.4. The number of nitrogens with one attached hydrogen (secondary N) is 1. The van der Waals surface area contributed by atoms with Gasteiger partial charge in [0.15, 0.2) is 0 Å². The van der Waals surface area contributed by atoms with E-state index in [9.17, 15) is 4.79 Å². The van der Waals surface area contributed by atoms with E-state index in [4.69, 9.17) is 47.4 Å². The Kier molecular flexibility index (Phi) is 28.7. The van der Waals surface area contributed by atoms with E-state index in [1.165, 1.54) is 0 Å². The van der Waals surface area contributed by atoms with Crippen LogP contribution in [-0.4, -0.2) is 132 Å². The summed E-state index contributed by atoms with van der Waals surface area (Å²) in [7, 11) is 0. The molecule has 0 saturated heterocycles. The summed E-state index contributed by atoms with van der Waals surface area (Å²) >= 11 is 0. The van der Waals surface area contributed by atoms with Crippen molar-refractivity contribution in [1.29, 1.82) is 0 Å². The van der Waals surface area contributed by atoms with Gasteiger partial charge in [-0.3, -0.25) is 0 Å². The first-order chi connectivity index (χ1) is 21.2. The van der Waals surface area contributed by atoms with Crippen molar-refractivity contribution >= 4 is 6.09 Å². The molecule has 12 nitrogen and oxygen atoms in total. The number of alkyl carbamates (subject to hydrolysis) is 1. The van der Waals surface area contributed by atoms with Crippen molar-refractivity contribution in [2.45, 2.75) is 26.9 Å². The quantitative estimate of drug-likeness (QED) is 0.120. The van der Waals surface area contributed by atoms with E-state index in [-0.39, 0.29) is 6.61 Å². The maximum Gasteiger partial charge on any atom is 0.407 e. The average molecular weight is 618 g/mol. The van der Waals surface area contributed by atoms with Crippen molar-refractivity contribution in [2.75, 3.05) is 125 Å². The highest BCUT2D eigenvalue weighted by Gasteiger charge is 2.02. The summed E-state index contributed by atoms with van der Waals surface area (Å²) in [4.78, 5) is 11.6. The molecule has 0 aromatic heterocycles. The van der Waals surface area contributed by atoms with Gasteiger partial charge in [-0.15, -0.1) is 0 Å². The number of ether oxygens (including phenoxy) is 10. The molecule has 0 aliphatic heterocycles. The third-order valence-electron chi connectivity index (χ3n) is 5.80. The van der Waals surface area contributed by atoms with Crippen LogP contribution in [0, 0.1) is 5.92 Å². The minimum Gasteiger partial charge on any atom is -0.445 e. The number of hydrogen-bond donors (Lipinski definition) is 1. The molecule has 0 spiro atoms. The summed E-state index contributed by atoms with van der Waals surface area (Å²) in [5.74, 6) is 0.595. The fourth-order valence-electron chi connectivity index (χ4n) is 3.16. The van der Waals surface area contributed by atoms with E-state index in [0.29, 0.717) is 125 Å². The highest BCUT2D eigenvalue weighted by atomic mass is 16.6. The monoisotopic (exact) mass is 617 g/mol. The van der Waals surface area contributed by atoms with Crippen LogP contribution in [-0.2, 0) is 54.0 Å². The van der Waals surface area contributed by atoms with Crippen LogP contribution in [0.4, 0.5) is 4.79 Å². The van der Waals surface area contributed by atoms with Gasteiger partial charge in [0.25, 0.3) is 0 Å². The predicted molar refractivity (Wildman–Crippen MR) is 161 cm³/mol. The fourth-order valence-corrected chi connectivity index (χ4v) is 3.16. The van der Waals surface area contributed by atoms with Crippen molar-refractivity contribution in [3.63, 3.8) is 0 Å². The third-order valence-corrected chi connectivity index (χ3v) is 5.80. The first kappa shape index (κ1) is 39.2. The Morgan fingerprint density at radius 2 is 0.953 bits per heavy atom. The number of hydrogen-bond acceptors (Lipinski definition) is 11. The van der Waals surface area contributed by atoms with Gasteiger partial charge in [0.05, 0.1) is 112 Å². The molecule has 250 valence electrons. The molecule has 0 aliphatic rings. The molecule has 1 aromatic rings. The smallest absolute Gasteiger partial charge is 0.407 e. The standard InChI is InChI=1S/C31H55NO11/c1-3-29(2)27-42-26-25-41-24-23-40-22-21-39-20-19-38-18-17-37-16-15-36-14-13-35-12-11-34-10-9-32-31(33)43-28-30-7-5-4-6-8-30/h4-8,29H,3,9-28H2,1-2H3,(H,32,33). The van der Waals surface area contributed by atoms with E-state index in [1.54, 1.807) is 0 Å². The maximum atomic E-state index is 11.6. The van der Waals surface area contributed by atoms with Crippen molar-refractivity contribution < 1.29 is 52.2 Å². The second-order valence-electron chi connectivity index (χ2n) is 9.48. The molecule has 1 N–H and O–H groups in total. The van der Waals surface area contributed by atoms with Gasteiger partial charge in [0.2, 0.25) is 0 Å². The highest BCUT2D eigenvalue weighted by molar-refractivity contribution is 5.67. The van der Waals surface area contributed by atoms with Crippen LogP contribution in [0.15, 0.2) is 30.3 Å². The van der Waals surface area contributed by atoms with Gasteiger partial charge in [-0.2, -0.15) is 0 Å². The topological polar surface area (TPSA) is 121 Å². The normalized spacial score (nSPS) is 12.0. The van der Waals surface area contributed by atoms with Gasteiger partial charge in [0.1, 0.15) is 6.61 Å². The average Bonchev–Trinajstić information content (AvgIpc) is 3.03. The first-order valence-electron chi connectivity index (χ1n) is 15.4. The molecule has 12 heteroatoms. The second kappa shape index (κ2) is 31.6. The summed E-state index contributed by atoms with van der Waals surface area (Å²) in [5, 5.41) is 2.64. The van der Waals surface area contributed by atoms with Crippen molar-refractivity contribution in [3.8, 4) is 0 Å². The van der Waals surface area contributed by atoms with Crippen LogP contribution >= 0.6 is 0 Å². The number of rotatable bonds is 32. The van der Waals surface area contributed by atoms with Gasteiger partial charge in [-0.25, -0.2) is 4.79 Å². The molecule has 0 bridgehead atoms. The molecule has 1 amide bonds.